The van der Waals surface area contributed by atoms with E-state index in [1.165, 1.54) is 0 Å². The minimum Gasteiger partial charge on any atom is -0.444 e. The van der Waals surface area contributed by atoms with E-state index in [4.69, 9.17) is 9.47 Å². The van der Waals surface area contributed by atoms with E-state index < -0.39 is 5.60 Å². The van der Waals surface area contributed by atoms with Crippen molar-refractivity contribution in [2.24, 2.45) is 5.92 Å². The van der Waals surface area contributed by atoms with E-state index in [1.807, 2.05) is 27.7 Å². The predicted octanol–water partition coefficient (Wildman–Crippen LogP) is 3.08. The van der Waals surface area contributed by atoms with Crippen LogP contribution in [0.1, 0.15) is 61.3 Å². The average Bonchev–Trinajstić information content (AvgIpc) is 2.32. The van der Waals surface area contributed by atoms with E-state index in [1.54, 1.807) is 0 Å². The van der Waals surface area contributed by atoms with Gasteiger partial charge in [-0.1, -0.05) is 13.8 Å². The van der Waals surface area contributed by atoms with Crippen molar-refractivity contribution in [2.75, 3.05) is 6.61 Å². The van der Waals surface area contributed by atoms with E-state index >= 15 is 0 Å². The molecule has 1 saturated carbocycles. The molecule has 4 unspecified atom stereocenters. The van der Waals surface area contributed by atoms with Crippen molar-refractivity contribution in [3.8, 4) is 0 Å². The molecule has 0 aromatic carbocycles. The first-order valence-electron chi connectivity index (χ1n) is 8.49. The van der Waals surface area contributed by atoms with Gasteiger partial charge in [0.15, 0.2) is 0 Å². The van der Waals surface area contributed by atoms with Gasteiger partial charge in [-0.3, -0.25) is 0 Å². The van der Waals surface area contributed by atoms with Gasteiger partial charge in [-0.25, -0.2) is 4.79 Å². The van der Waals surface area contributed by atoms with Gasteiger partial charge in [0.05, 0.1) is 18.2 Å². The van der Waals surface area contributed by atoms with Gasteiger partial charge in [-0.15, -0.1) is 0 Å². The Labute approximate surface area is 135 Å². The third-order valence-corrected chi connectivity index (χ3v) is 3.71. The third-order valence-electron chi connectivity index (χ3n) is 3.71. The summed E-state index contributed by atoms with van der Waals surface area (Å²) in [5, 5.41) is 6.57. The summed E-state index contributed by atoms with van der Waals surface area (Å²) in [5.74, 6) is 0.644. The van der Waals surface area contributed by atoms with Crippen molar-refractivity contribution in [1.82, 2.24) is 10.6 Å². The van der Waals surface area contributed by atoms with Crippen LogP contribution in [0.2, 0.25) is 0 Å². The molecular weight excluding hydrogens is 280 g/mol. The van der Waals surface area contributed by atoms with Crippen LogP contribution in [0, 0.1) is 5.92 Å². The molecule has 130 valence electrons. The number of rotatable bonds is 7. The largest absolute Gasteiger partial charge is 0.444 e. The molecule has 0 radical (unpaired) electrons. The number of amides is 1. The molecule has 1 fully saturated rings. The Kier molecular flexibility index (Phi) is 7.13. The molecule has 0 bridgehead atoms. The van der Waals surface area contributed by atoms with Crippen LogP contribution in [0.5, 0.6) is 0 Å². The van der Waals surface area contributed by atoms with Crippen LogP contribution in [0.15, 0.2) is 0 Å². The van der Waals surface area contributed by atoms with Gasteiger partial charge in [-0.05, 0) is 53.4 Å². The summed E-state index contributed by atoms with van der Waals surface area (Å²) in [7, 11) is 0. The van der Waals surface area contributed by atoms with Crippen LogP contribution >= 0.6 is 0 Å². The highest BCUT2D eigenvalue weighted by molar-refractivity contribution is 5.68. The van der Waals surface area contributed by atoms with Gasteiger partial charge in [-0.2, -0.15) is 0 Å². The maximum Gasteiger partial charge on any atom is 0.407 e. The molecular formula is C17H34N2O3. The Morgan fingerprint density at radius 2 is 1.91 bits per heavy atom. The van der Waals surface area contributed by atoms with Gasteiger partial charge in [0.25, 0.3) is 0 Å². The lowest BCUT2D eigenvalue weighted by Gasteiger charge is -2.46. The van der Waals surface area contributed by atoms with Crippen LogP contribution in [0.4, 0.5) is 4.79 Å². The molecule has 1 amide bonds. The summed E-state index contributed by atoms with van der Waals surface area (Å²) in [5.41, 5.74) is -0.471. The Hall–Kier alpha value is -0.810. The van der Waals surface area contributed by atoms with Gasteiger partial charge >= 0.3 is 6.09 Å². The molecule has 0 spiro atoms. The topological polar surface area (TPSA) is 59.6 Å². The summed E-state index contributed by atoms with van der Waals surface area (Å²) in [6.07, 6.45) is 1.75. The van der Waals surface area contributed by atoms with Crippen LogP contribution in [-0.4, -0.2) is 42.5 Å². The molecule has 0 aromatic heterocycles. The molecule has 0 heterocycles. The fourth-order valence-corrected chi connectivity index (χ4v) is 2.93. The molecule has 1 aliphatic carbocycles. The van der Waals surface area contributed by atoms with E-state index in [0.29, 0.717) is 18.6 Å². The molecule has 4 atom stereocenters. The Morgan fingerprint density at radius 1 is 1.27 bits per heavy atom. The summed E-state index contributed by atoms with van der Waals surface area (Å²) < 4.78 is 11.1. The van der Waals surface area contributed by atoms with Crippen LogP contribution in [-0.2, 0) is 9.47 Å². The normalized spacial score (nSPS) is 26.5. The number of hydrogen-bond acceptors (Lipinski definition) is 4. The number of hydrogen-bond donors (Lipinski definition) is 2. The second-order valence-corrected chi connectivity index (χ2v) is 7.71. The lowest BCUT2D eigenvalue weighted by molar-refractivity contribution is -0.0466. The first-order chi connectivity index (χ1) is 10.1. The zero-order valence-electron chi connectivity index (χ0n) is 15.2. The molecule has 5 heteroatoms. The van der Waals surface area contributed by atoms with Gasteiger partial charge in [0.2, 0.25) is 0 Å². The third kappa shape index (κ3) is 6.53. The summed E-state index contributed by atoms with van der Waals surface area (Å²) >= 11 is 0. The molecule has 1 rings (SSSR count). The van der Waals surface area contributed by atoms with Gasteiger partial charge in [0, 0.05) is 12.6 Å². The van der Waals surface area contributed by atoms with E-state index in [0.717, 1.165) is 12.8 Å². The maximum atomic E-state index is 11.9. The number of carbonyl (C=O) groups is 1. The van der Waals surface area contributed by atoms with Crippen molar-refractivity contribution in [2.45, 2.75) is 91.1 Å². The van der Waals surface area contributed by atoms with E-state index in [2.05, 4.69) is 31.4 Å². The average molecular weight is 314 g/mol. The van der Waals surface area contributed by atoms with Crippen LogP contribution in [0.3, 0.4) is 0 Å². The predicted molar refractivity (Wildman–Crippen MR) is 89.0 cm³/mol. The van der Waals surface area contributed by atoms with E-state index in [-0.39, 0.29) is 24.3 Å². The summed E-state index contributed by atoms with van der Waals surface area (Å²) in [6, 6.07) is 0.624. The molecule has 0 aromatic rings. The summed E-state index contributed by atoms with van der Waals surface area (Å²) in [4.78, 5) is 11.9. The zero-order valence-corrected chi connectivity index (χ0v) is 15.2. The van der Waals surface area contributed by atoms with Crippen molar-refractivity contribution in [3.63, 3.8) is 0 Å². The van der Waals surface area contributed by atoms with Crippen LogP contribution < -0.4 is 10.6 Å². The van der Waals surface area contributed by atoms with Crippen LogP contribution in [0.25, 0.3) is 0 Å². The number of nitrogens with one attached hydrogen (secondary N) is 2. The molecule has 1 aliphatic rings. The highest BCUT2D eigenvalue weighted by atomic mass is 16.6. The quantitative estimate of drug-likeness (QED) is 0.758. The van der Waals surface area contributed by atoms with Crippen molar-refractivity contribution in [3.05, 3.63) is 0 Å². The van der Waals surface area contributed by atoms with Crippen molar-refractivity contribution < 1.29 is 14.3 Å². The number of alkyl carbamates (subject to hydrolysis) is 1. The first kappa shape index (κ1) is 19.2. The lowest BCUT2D eigenvalue weighted by atomic mass is 9.82. The van der Waals surface area contributed by atoms with Crippen molar-refractivity contribution >= 4 is 6.09 Å². The minimum absolute atomic E-state index is 0.0704. The van der Waals surface area contributed by atoms with Gasteiger partial charge < -0.3 is 20.1 Å². The highest BCUT2D eigenvalue weighted by Crippen LogP contribution is 2.26. The second kappa shape index (κ2) is 8.16. The monoisotopic (exact) mass is 314 g/mol. The summed E-state index contributed by atoms with van der Waals surface area (Å²) in [6.45, 7) is 14.9. The highest BCUT2D eigenvalue weighted by Gasteiger charge is 2.43. The standard InChI is InChI=1S/C17H34N2O3/c1-8-21-14-10-13(19-16(20)22-17(5,6)7)15(14)18-12(4)9-11(2)3/h11-15,18H,8-10H2,1-7H3,(H,19,20). The second-order valence-electron chi connectivity index (χ2n) is 7.71. The van der Waals surface area contributed by atoms with Crippen molar-refractivity contribution in [1.29, 1.82) is 0 Å². The molecule has 0 aliphatic heterocycles. The number of ether oxygens (including phenoxy) is 2. The molecule has 22 heavy (non-hydrogen) atoms. The fraction of sp³-hybridized carbons (Fsp3) is 0.941. The molecule has 0 saturated heterocycles. The van der Waals surface area contributed by atoms with Gasteiger partial charge in [0.1, 0.15) is 5.60 Å². The van der Waals surface area contributed by atoms with E-state index in [9.17, 15) is 4.79 Å². The minimum atomic E-state index is -0.471. The lowest BCUT2D eigenvalue weighted by Crippen LogP contribution is -2.67. The zero-order chi connectivity index (χ0) is 16.9. The molecule has 2 N–H and O–H groups in total. The molecule has 5 nitrogen and oxygen atoms in total. The Bertz CT molecular complexity index is 352. The first-order valence-corrected chi connectivity index (χ1v) is 8.49. The Balaban J connectivity index is 2.53. The maximum absolute atomic E-state index is 11.9. The smallest absolute Gasteiger partial charge is 0.407 e. The SMILES string of the molecule is CCOC1CC(NC(=O)OC(C)(C)C)C1NC(C)CC(C)C. The number of carbonyl (C=O) groups excluding carboxylic acids is 1. The Morgan fingerprint density at radius 3 is 2.41 bits per heavy atom. The fourth-order valence-electron chi connectivity index (χ4n) is 2.93.